The van der Waals surface area contributed by atoms with Crippen LogP contribution in [0.4, 0.5) is 14.5 Å². The number of rotatable bonds is 4. The summed E-state index contributed by atoms with van der Waals surface area (Å²) >= 11 is 0. The highest BCUT2D eigenvalue weighted by atomic mass is 19.2. The normalized spacial score (nSPS) is 10.8. The third kappa shape index (κ3) is 2.65. The Morgan fingerprint density at radius 3 is 2.39 bits per heavy atom. The van der Waals surface area contributed by atoms with Gasteiger partial charge in [0, 0.05) is 11.8 Å². The number of halogens is 2. The van der Waals surface area contributed by atoms with Crippen LogP contribution in [0.5, 0.6) is 0 Å². The molecular formula is C13H14F2N2O. The van der Waals surface area contributed by atoms with Gasteiger partial charge >= 0.3 is 0 Å². The van der Waals surface area contributed by atoms with Crippen molar-refractivity contribution in [2.75, 3.05) is 5.32 Å². The van der Waals surface area contributed by atoms with E-state index in [1.807, 2.05) is 6.07 Å². The first-order chi connectivity index (χ1) is 8.49. The predicted octanol–water partition coefficient (Wildman–Crippen LogP) is 3.23. The van der Waals surface area contributed by atoms with E-state index in [1.54, 1.807) is 13.8 Å². The molecule has 1 rings (SSSR count). The summed E-state index contributed by atoms with van der Waals surface area (Å²) in [7, 11) is 0. The molecule has 0 aliphatic heterocycles. The molecule has 0 atom stereocenters. The second kappa shape index (κ2) is 5.58. The van der Waals surface area contributed by atoms with Gasteiger partial charge in [-0.05, 0) is 25.0 Å². The molecule has 0 unspecified atom stereocenters. The van der Waals surface area contributed by atoms with E-state index >= 15 is 0 Å². The lowest BCUT2D eigenvalue weighted by atomic mass is 9.83. The summed E-state index contributed by atoms with van der Waals surface area (Å²) in [6, 6.07) is 5.05. The van der Waals surface area contributed by atoms with Crippen LogP contribution in [0, 0.1) is 28.4 Å². The molecule has 0 fully saturated rings. The molecule has 0 bridgehead atoms. The smallest absolute Gasteiger partial charge is 0.244 e. The SMILES string of the molecule is CCC(C#N)(CC)C(=O)Nc1ccc(F)c(F)c1. The molecule has 5 heteroatoms. The van der Waals surface area contributed by atoms with Crippen molar-refractivity contribution in [1.29, 1.82) is 5.26 Å². The number of anilines is 1. The second-order valence-corrected chi connectivity index (χ2v) is 3.98. The second-order valence-electron chi connectivity index (χ2n) is 3.98. The zero-order valence-electron chi connectivity index (χ0n) is 10.3. The zero-order chi connectivity index (χ0) is 13.8. The van der Waals surface area contributed by atoms with Crippen LogP contribution >= 0.6 is 0 Å². The minimum absolute atomic E-state index is 0.139. The first-order valence-corrected chi connectivity index (χ1v) is 5.67. The van der Waals surface area contributed by atoms with Gasteiger partial charge in [0.15, 0.2) is 11.6 Å². The number of nitrogens with zero attached hydrogens (tertiary/aromatic N) is 1. The van der Waals surface area contributed by atoms with Gasteiger partial charge in [-0.2, -0.15) is 5.26 Å². The first kappa shape index (κ1) is 14.1. The van der Waals surface area contributed by atoms with Crippen molar-refractivity contribution in [3.05, 3.63) is 29.8 Å². The lowest BCUT2D eigenvalue weighted by Gasteiger charge is -2.22. The summed E-state index contributed by atoms with van der Waals surface area (Å²) in [5.74, 6) is -2.52. The van der Waals surface area contributed by atoms with Crippen molar-refractivity contribution in [2.24, 2.45) is 5.41 Å². The van der Waals surface area contributed by atoms with E-state index < -0.39 is 23.0 Å². The van der Waals surface area contributed by atoms with Crippen molar-refractivity contribution in [2.45, 2.75) is 26.7 Å². The number of nitrogens with one attached hydrogen (secondary N) is 1. The fraction of sp³-hybridized carbons (Fsp3) is 0.385. The van der Waals surface area contributed by atoms with Crippen LogP contribution in [0.1, 0.15) is 26.7 Å². The van der Waals surface area contributed by atoms with Gasteiger partial charge in [0.2, 0.25) is 5.91 Å². The van der Waals surface area contributed by atoms with Gasteiger partial charge < -0.3 is 5.32 Å². The molecule has 1 aromatic rings. The van der Waals surface area contributed by atoms with E-state index in [1.165, 1.54) is 6.07 Å². The molecule has 0 aliphatic rings. The summed E-state index contributed by atoms with van der Waals surface area (Å²) < 4.78 is 25.7. The lowest BCUT2D eigenvalue weighted by molar-refractivity contribution is -0.123. The monoisotopic (exact) mass is 252 g/mol. The average molecular weight is 252 g/mol. The van der Waals surface area contributed by atoms with Crippen LogP contribution in [0.2, 0.25) is 0 Å². The Labute approximate surface area is 104 Å². The molecule has 96 valence electrons. The quantitative estimate of drug-likeness (QED) is 0.894. The van der Waals surface area contributed by atoms with Crippen molar-refractivity contribution < 1.29 is 13.6 Å². The molecule has 0 radical (unpaired) electrons. The van der Waals surface area contributed by atoms with E-state index in [2.05, 4.69) is 5.32 Å². The van der Waals surface area contributed by atoms with E-state index in [0.717, 1.165) is 12.1 Å². The standard InChI is InChI=1S/C13H14F2N2O/c1-3-13(4-2,8-16)12(18)17-9-5-6-10(14)11(15)7-9/h5-7H,3-4H2,1-2H3,(H,17,18). The number of amides is 1. The van der Waals surface area contributed by atoms with Crippen LogP contribution in [0.3, 0.4) is 0 Å². The zero-order valence-corrected chi connectivity index (χ0v) is 10.3. The largest absolute Gasteiger partial charge is 0.325 e. The van der Waals surface area contributed by atoms with E-state index in [0.29, 0.717) is 12.8 Å². The molecule has 1 amide bonds. The van der Waals surface area contributed by atoms with Crippen molar-refractivity contribution in [1.82, 2.24) is 0 Å². The molecule has 1 aromatic carbocycles. The van der Waals surface area contributed by atoms with Crippen LogP contribution < -0.4 is 5.32 Å². The van der Waals surface area contributed by atoms with Crippen LogP contribution in [0.25, 0.3) is 0 Å². The highest BCUT2D eigenvalue weighted by Crippen LogP contribution is 2.27. The maximum Gasteiger partial charge on any atom is 0.244 e. The summed E-state index contributed by atoms with van der Waals surface area (Å²) in [4.78, 5) is 12.0. The molecule has 0 saturated carbocycles. The number of carbonyl (C=O) groups is 1. The van der Waals surface area contributed by atoms with E-state index in [4.69, 9.17) is 5.26 Å². The molecule has 1 N–H and O–H groups in total. The molecule has 0 spiro atoms. The Bertz CT molecular complexity index is 490. The van der Waals surface area contributed by atoms with E-state index in [9.17, 15) is 13.6 Å². The van der Waals surface area contributed by atoms with Gasteiger partial charge in [-0.3, -0.25) is 4.79 Å². The maximum absolute atomic E-state index is 13.0. The van der Waals surface area contributed by atoms with Crippen LogP contribution in [0.15, 0.2) is 18.2 Å². The van der Waals surface area contributed by atoms with Crippen LogP contribution in [-0.2, 0) is 4.79 Å². The van der Waals surface area contributed by atoms with Gasteiger partial charge in [0.25, 0.3) is 0 Å². The molecule has 0 saturated heterocycles. The molecule has 0 aromatic heterocycles. The minimum atomic E-state index is -1.13. The topological polar surface area (TPSA) is 52.9 Å². The number of nitriles is 1. The summed E-state index contributed by atoms with van der Waals surface area (Å²) in [5, 5.41) is 11.5. The fourth-order valence-electron chi connectivity index (χ4n) is 1.60. The van der Waals surface area contributed by atoms with Crippen LogP contribution in [-0.4, -0.2) is 5.91 Å². The predicted molar refractivity (Wildman–Crippen MR) is 63.6 cm³/mol. The molecule has 0 heterocycles. The first-order valence-electron chi connectivity index (χ1n) is 5.67. The van der Waals surface area contributed by atoms with Gasteiger partial charge in [-0.1, -0.05) is 13.8 Å². The molecular weight excluding hydrogens is 238 g/mol. The Kier molecular flexibility index (Phi) is 4.38. The Morgan fingerprint density at radius 1 is 1.33 bits per heavy atom. The fourth-order valence-corrected chi connectivity index (χ4v) is 1.60. The average Bonchev–Trinajstić information content (AvgIpc) is 2.37. The Hall–Kier alpha value is -1.96. The number of hydrogen-bond acceptors (Lipinski definition) is 2. The Balaban J connectivity index is 2.94. The van der Waals surface area contributed by atoms with Gasteiger partial charge in [-0.15, -0.1) is 0 Å². The number of carbonyl (C=O) groups excluding carboxylic acids is 1. The number of benzene rings is 1. The van der Waals surface area contributed by atoms with Crippen molar-refractivity contribution in [3.63, 3.8) is 0 Å². The lowest BCUT2D eigenvalue weighted by Crippen LogP contribution is -2.33. The minimum Gasteiger partial charge on any atom is -0.325 e. The summed E-state index contributed by atoms with van der Waals surface area (Å²) in [5.41, 5.74) is -0.995. The summed E-state index contributed by atoms with van der Waals surface area (Å²) in [6.07, 6.45) is 0.713. The highest BCUT2D eigenvalue weighted by molar-refractivity contribution is 5.97. The Morgan fingerprint density at radius 2 is 1.94 bits per heavy atom. The number of hydrogen-bond donors (Lipinski definition) is 1. The third-order valence-electron chi connectivity index (χ3n) is 3.03. The van der Waals surface area contributed by atoms with E-state index in [-0.39, 0.29) is 5.69 Å². The van der Waals surface area contributed by atoms with Crippen molar-refractivity contribution in [3.8, 4) is 6.07 Å². The molecule has 0 aliphatic carbocycles. The summed E-state index contributed by atoms with van der Waals surface area (Å²) in [6.45, 7) is 3.47. The van der Waals surface area contributed by atoms with Gasteiger partial charge in [0.1, 0.15) is 5.41 Å². The third-order valence-corrected chi connectivity index (χ3v) is 3.03. The highest BCUT2D eigenvalue weighted by Gasteiger charge is 2.35. The van der Waals surface area contributed by atoms with Gasteiger partial charge in [0.05, 0.1) is 6.07 Å². The van der Waals surface area contributed by atoms with Gasteiger partial charge in [-0.25, -0.2) is 8.78 Å². The van der Waals surface area contributed by atoms with Crippen molar-refractivity contribution >= 4 is 11.6 Å². The molecule has 18 heavy (non-hydrogen) atoms. The molecule has 3 nitrogen and oxygen atoms in total. The maximum atomic E-state index is 13.0.